The summed E-state index contributed by atoms with van der Waals surface area (Å²) in [6.45, 7) is 4.56. The maximum absolute atomic E-state index is 11.6. The third kappa shape index (κ3) is 3.79. The van der Waals surface area contributed by atoms with Gasteiger partial charge in [0, 0.05) is 5.41 Å². The van der Waals surface area contributed by atoms with Crippen LogP contribution in [0.4, 0.5) is 0 Å². The number of carbonyl (C=O) groups excluding carboxylic acids is 1. The molecule has 1 aliphatic rings. The predicted molar refractivity (Wildman–Crippen MR) is 54.2 cm³/mol. The fraction of sp³-hybridized carbons (Fsp3) is 0.889. The lowest BCUT2D eigenvalue weighted by Crippen LogP contribution is -2.46. The van der Waals surface area contributed by atoms with Crippen molar-refractivity contribution in [1.82, 2.24) is 0 Å². The summed E-state index contributed by atoms with van der Waals surface area (Å²) in [6.07, 6.45) is 0. The van der Waals surface area contributed by atoms with E-state index in [9.17, 15) is 13.2 Å². The Bertz CT molecular complexity index is 328. The van der Waals surface area contributed by atoms with E-state index in [0.29, 0.717) is 13.2 Å². The molecule has 0 aromatic carbocycles. The molecule has 0 aromatic rings. The number of sulfone groups is 1. The zero-order valence-corrected chi connectivity index (χ0v) is 9.80. The van der Waals surface area contributed by atoms with Gasteiger partial charge in [-0.05, 0) is 6.92 Å². The average molecular weight is 236 g/mol. The summed E-state index contributed by atoms with van der Waals surface area (Å²) in [5, 5.41) is 0. The quantitative estimate of drug-likeness (QED) is 0.628. The molecule has 0 amide bonds. The van der Waals surface area contributed by atoms with Crippen molar-refractivity contribution in [2.75, 3.05) is 31.3 Å². The van der Waals surface area contributed by atoms with E-state index in [2.05, 4.69) is 4.74 Å². The molecule has 0 bridgehead atoms. The number of esters is 1. The van der Waals surface area contributed by atoms with Crippen molar-refractivity contribution in [3.05, 3.63) is 0 Å². The smallest absolute Gasteiger partial charge is 0.321 e. The van der Waals surface area contributed by atoms with Gasteiger partial charge >= 0.3 is 5.97 Å². The standard InChI is InChI=1S/C9H16O5S/c1-3-14-8(10)4-15(11,12)7-9(2)5-13-6-9/h3-7H2,1-2H3. The van der Waals surface area contributed by atoms with Crippen LogP contribution in [0.15, 0.2) is 0 Å². The molecule has 88 valence electrons. The van der Waals surface area contributed by atoms with Gasteiger partial charge in [0.05, 0.1) is 25.6 Å². The van der Waals surface area contributed by atoms with Crippen LogP contribution in [0.2, 0.25) is 0 Å². The number of hydrogen-bond acceptors (Lipinski definition) is 5. The zero-order valence-electron chi connectivity index (χ0n) is 8.99. The molecule has 0 atom stereocenters. The lowest BCUT2D eigenvalue weighted by molar-refractivity contribution is -0.140. The van der Waals surface area contributed by atoms with Gasteiger partial charge < -0.3 is 9.47 Å². The molecule has 1 aliphatic heterocycles. The van der Waals surface area contributed by atoms with Crippen LogP contribution >= 0.6 is 0 Å². The number of rotatable bonds is 5. The van der Waals surface area contributed by atoms with Crippen molar-refractivity contribution < 1.29 is 22.7 Å². The second kappa shape index (κ2) is 4.49. The Hall–Kier alpha value is -0.620. The first kappa shape index (κ1) is 12.4. The highest BCUT2D eigenvalue weighted by atomic mass is 32.2. The Morgan fingerprint density at radius 1 is 1.47 bits per heavy atom. The van der Waals surface area contributed by atoms with Gasteiger partial charge in [-0.1, -0.05) is 6.92 Å². The van der Waals surface area contributed by atoms with Crippen molar-refractivity contribution in [2.45, 2.75) is 13.8 Å². The minimum atomic E-state index is -3.38. The van der Waals surface area contributed by atoms with Gasteiger partial charge in [-0.3, -0.25) is 4.79 Å². The van der Waals surface area contributed by atoms with Gasteiger partial charge in [-0.25, -0.2) is 8.42 Å². The van der Waals surface area contributed by atoms with E-state index < -0.39 is 21.6 Å². The van der Waals surface area contributed by atoms with Crippen molar-refractivity contribution in [1.29, 1.82) is 0 Å². The monoisotopic (exact) mass is 236 g/mol. The molecule has 0 unspecified atom stereocenters. The maximum Gasteiger partial charge on any atom is 0.321 e. The van der Waals surface area contributed by atoms with Gasteiger partial charge in [-0.15, -0.1) is 0 Å². The van der Waals surface area contributed by atoms with Crippen LogP contribution in [0, 0.1) is 5.41 Å². The average Bonchev–Trinajstić information content (AvgIpc) is 1.99. The van der Waals surface area contributed by atoms with E-state index in [1.807, 2.05) is 6.92 Å². The largest absolute Gasteiger partial charge is 0.465 e. The Labute approximate surface area is 89.7 Å². The predicted octanol–water partition coefficient (Wildman–Crippen LogP) is 0.000800. The highest BCUT2D eigenvalue weighted by Crippen LogP contribution is 2.28. The highest BCUT2D eigenvalue weighted by molar-refractivity contribution is 7.92. The molecule has 0 spiro atoms. The van der Waals surface area contributed by atoms with Gasteiger partial charge in [0.2, 0.25) is 0 Å². The van der Waals surface area contributed by atoms with Crippen LogP contribution in [-0.2, 0) is 24.1 Å². The van der Waals surface area contributed by atoms with Crippen molar-refractivity contribution in [3.63, 3.8) is 0 Å². The van der Waals surface area contributed by atoms with E-state index in [0.717, 1.165) is 0 Å². The van der Waals surface area contributed by atoms with E-state index in [1.54, 1.807) is 6.92 Å². The molecule has 0 N–H and O–H groups in total. The van der Waals surface area contributed by atoms with Gasteiger partial charge in [0.15, 0.2) is 9.84 Å². The van der Waals surface area contributed by atoms with Crippen LogP contribution in [-0.4, -0.2) is 45.7 Å². The van der Waals surface area contributed by atoms with Crippen molar-refractivity contribution in [2.24, 2.45) is 5.41 Å². The fourth-order valence-electron chi connectivity index (χ4n) is 1.50. The minimum Gasteiger partial charge on any atom is -0.465 e. The molecule has 1 heterocycles. The van der Waals surface area contributed by atoms with Crippen molar-refractivity contribution >= 4 is 15.8 Å². The second-order valence-electron chi connectivity index (χ2n) is 4.14. The topological polar surface area (TPSA) is 69.7 Å². The van der Waals surface area contributed by atoms with Crippen LogP contribution in [0.1, 0.15) is 13.8 Å². The van der Waals surface area contributed by atoms with E-state index in [4.69, 9.17) is 4.74 Å². The molecule has 15 heavy (non-hydrogen) atoms. The van der Waals surface area contributed by atoms with Crippen molar-refractivity contribution in [3.8, 4) is 0 Å². The normalized spacial score (nSPS) is 19.3. The van der Waals surface area contributed by atoms with E-state index >= 15 is 0 Å². The Kier molecular flexibility index (Phi) is 3.72. The first-order valence-electron chi connectivity index (χ1n) is 4.81. The summed E-state index contributed by atoms with van der Waals surface area (Å²) in [7, 11) is -3.38. The van der Waals surface area contributed by atoms with Gasteiger partial charge in [0.1, 0.15) is 5.75 Å². The van der Waals surface area contributed by atoms with Gasteiger partial charge in [-0.2, -0.15) is 0 Å². The number of hydrogen-bond donors (Lipinski definition) is 0. The van der Waals surface area contributed by atoms with E-state index in [1.165, 1.54) is 0 Å². The SMILES string of the molecule is CCOC(=O)CS(=O)(=O)CC1(C)COC1. The lowest BCUT2D eigenvalue weighted by Gasteiger charge is -2.37. The van der Waals surface area contributed by atoms with Gasteiger partial charge in [0.25, 0.3) is 0 Å². The molecule has 1 saturated heterocycles. The van der Waals surface area contributed by atoms with Crippen LogP contribution in [0.5, 0.6) is 0 Å². The summed E-state index contributed by atoms with van der Waals surface area (Å²) in [5.74, 6) is -1.23. The molecule has 0 saturated carbocycles. The zero-order chi connectivity index (χ0) is 11.5. The summed E-state index contributed by atoms with van der Waals surface area (Å²) in [6, 6.07) is 0. The Morgan fingerprint density at radius 3 is 2.47 bits per heavy atom. The highest BCUT2D eigenvalue weighted by Gasteiger charge is 2.38. The molecular formula is C9H16O5S. The fourth-order valence-corrected chi connectivity index (χ4v) is 3.27. The summed E-state index contributed by atoms with van der Waals surface area (Å²) in [5.41, 5.74) is -0.328. The first-order chi connectivity index (χ1) is 6.87. The van der Waals surface area contributed by atoms with Crippen LogP contribution < -0.4 is 0 Å². The number of carbonyl (C=O) groups is 1. The number of ether oxygens (including phenoxy) is 2. The molecule has 0 aromatic heterocycles. The molecule has 0 aliphatic carbocycles. The molecule has 0 radical (unpaired) electrons. The summed E-state index contributed by atoms with van der Waals surface area (Å²) in [4.78, 5) is 11.0. The van der Waals surface area contributed by atoms with E-state index in [-0.39, 0.29) is 17.8 Å². The Balaban J connectivity index is 2.48. The third-order valence-electron chi connectivity index (χ3n) is 2.11. The minimum absolute atomic E-state index is 0.0151. The lowest BCUT2D eigenvalue weighted by atomic mass is 9.92. The first-order valence-corrected chi connectivity index (χ1v) is 6.63. The molecular weight excluding hydrogens is 220 g/mol. The Morgan fingerprint density at radius 2 is 2.07 bits per heavy atom. The van der Waals surface area contributed by atoms with Crippen LogP contribution in [0.3, 0.4) is 0 Å². The van der Waals surface area contributed by atoms with Crippen LogP contribution in [0.25, 0.3) is 0 Å². The summed E-state index contributed by atoms with van der Waals surface area (Å²) >= 11 is 0. The maximum atomic E-state index is 11.6. The molecule has 1 fully saturated rings. The molecule has 6 heteroatoms. The second-order valence-corrected chi connectivity index (χ2v) is 6.21. The molecule has 1 rings (SSSR count). The summed E-state index contributed by atoms with van der Waals surface area (Å²) < 4.78 is 32.7. The molecule has 5 nitrogen and oxygen atoms in total. The third-order valence-corrected chi connectivity index (χ3v) is 3.92.